The molecule has 0 spiro atoms. The van der Waals surface area contributed by atoms with E-state index in [1.54, 1.807) is 0 Å². The van der Waals surface area contributed by atoms with Gasteiger partial charge in [-0.05, 0) is 12.5 Å². The van der Waals surface area contributed by atoms with Crippen LogP contribution in [-0.2, 0) is 0 Å². The molecule has 4 heteroatoms. The summed E-state index contributed by atoms with van der Waals surface area (Å²) in [6.45, 7) is 0. The van der Waals surface area contributed by atoms with E-state index in [2.05, 4.69) is 15.9 Å². The van der Waals surface area contributed by atoms with Gasteiger partial charge in [-0.1, -0.05) is 144 Å². The Labute approximate surface area is 191 Å². The third kappa shape index (κ3) is 27.3. The molecular weight excluding hydrogens is 455 g/mol. The third-order valence-electron chi connectivity index (χ3n) is 5.56. The molecule has 0 fully saturated rings. The van der Waals surface area contributed by atoms with Crippen molar-refractivity contribution in [1.29, 1.82) is 0 Å². The molecule has 0 aliphatic heterocycles. The SMILES string of the molecule is Cl[SiH](Cl)CCCCCCCCCCCCCCCCCCCCCCCBr. The third-order valence-corrected chi connectivity index (χ3v) is 8.27. The van der Waals surface area contributed by atoms with Crippen LogP contribution in [0.25, 0.3) is 0 Å². The lowest BCUT2D eigenvalue weighted by atomic mass is 10.0. The Bertz CT molecular complexity index is 265. The predicted octanol–water partition coefficient (Wildman–Crippen LogP) is 10.3. The Balaban J connectivity index is 2.97. The zero-order chi connectivity index (χ0) is 19.8. The average molecular weight is 503 g/mol. The maximum atomic E-state index is 5.88. The first-order valence-electron chi connectivity index (χ1n) is 12.1. The Hall–Kier alpha value is 1.28. The molecule has 0 aromatic heterocycles. The van der Waals surface area contributed by atoms with Gasteiger partial charge in [0, 0.05) is 5.33 Å². The molecule has 0 unspecified atom stereocenters. The van der Waals surface area contributed by atoms with Crippen LogP contribution in [0.15, 0.2) is 0 Å². The van der Waals surface area contributed by atoms with E-state index in [9.17, 15) is 0 Å². The normalized spacial score (nSPS) is 11.6. The summed E-state index contributed by atoms with van der Waals surface area (Å²) >= 11 is 15.3. The minimum absolute atomic E-state index is 1.10. The molecule has 0 saturated carbocycles. The molecule has 0 saturated heterocycles. The quantitative estimate of drug-likeness (QED) is 0.0564. The summed E-state index contributed by atoms with van der Waals surface area (Å²) in [5, 5.41) is 1.18. The van der Waals surface area contributed by atoms with Crippen molar-refractivity contribution in [3.8, 4) is 0 Å². The monoisotopic (exact) mass is 500 g/mol. The summed E-state index contributed by atoms with van der Waals surface area (Å²) in [5.74, 6) is 0. The molecule has 164 valence electrons. The van der Waals surface area contributed by atoms with Crippen LogP contribution < -0.4 is 0 Å². The molecule has 0 aliphatic rings. The number of hydrogen-bond donors (Lipinski definition) is 0. The molecular formula is C23H47BrCl2Si. The van der Waals surface area contributed by atoms with Gasteiger partial charge in [0.2, 0.25) is 7.42 Å². The van der Waals surface area contributed by atoms with Crippen molar-refractivity contribution < 1.29 is 0 Å². The smallest absolute Gasteiger partial charge is 0.150 e. The van der Waals surface area contributed by atoms with Gasteiger partial charge in [0.25, 0.3) is 0 Å². The van der Waals surface area contributed by atoms with E-state index in [0.717, 1.165) is 6.04 Å². The zero-order valence-electron chi connectivity index (χ0n) is 18.0. The van der Waals surface area contributed by atoms with Crippen molar-refractivity contribution in [2.75, 3.05) is 5.33 Å². The van der Waals surface area contributed by atoms with Gasteiger partial charge in [0.05, 0.1) is 0 Å². The van der Waals surface area contributed by atoms with E-state index in [-0.39, 0.29) is 0 Å². The first kappa shape index (κ1) is 28.3. The highest BCUT2D eigenvalue weighted by molar-refractivity contribution is 9.09. The van der Waals surface area contributed by atoms with Crippen LogP contribution in [0.5, 0.6) is 0 Å². The molecule has 0 bridgehead atoms. The molecule has 0 rings (SSSR count). The van der Waals surface area contributed by atoms with Gasteiger partial charge in [0.15, 0.2) is 0 Å². The first-order valence-corrected chi connectivity index (χ1v) is 17.5. The Morgan fingerprint density at radius 2 is 0.593 bits per heavy atom. The molecule has 0 heterocycles. The maximum absolute atomic E-state index is 5.88. The van der Waals surface area contributed by atoms with Crippen molar-refractivity contribution in [2.24, 2.45) is 0 Å². The van der Waals surface area contributed by atoms with E-state index in [4.69, 9.17) is 22.2 Å². The highest BCUT2D eigenvalue weighted by Gasteiger charge is 2.00. The number of halogens is 3. The average Bonchev–Trinajstić information content (AvgIpc) is 2.65. The van der Waals surface area contributed by atoms with Gasteiger partial charge < -0.3 is 0 Å². The Kier molecular flexibility index (Phi) is 26.5. The lowest BCUT2D eigenvalue weighted by Gasteiger charge is -2.04. The Morgan fingerprint density at radius 3 is 0.815 bits per heavy atom. The maximum Gasteiger partial charge on any atom is 0.237 e. The van der Waals surface area contributed by atoms with Crippen molar-refractivity contribution in [3.05, 3.63) is 0 Å². The fraction of sp³-hybridized carbons (Fsp3) is 1.00. The number of rotatable bonds is 23. The molecule has 27 heavy (non-hydrogen) atoms. The number of unbranched alkanes of at least 4 members (excludes halogenated alkanes) is 20. The van der Waals surface area contributed by atoms with Crippen molar-refractivity contribution >= 4 is 45.5 Å². The van der Waals surface area contributed by atoms with Crippen molar-refractivity contribution in [2.45, 2.75) is 141 Å². The fourth-order valence-corrected chi connectivity index (χ4v) is 5.67. The summed E-state index contributed by atoms with van der Waals surface area (Å²) in [4.78, 5) is 0. The zero-order valence-corrected chi connectivity index (χ0v) is 22.2. The first-order chi connectivity index (χ1) is 13.3. The second-order valence-corrected chi connectivity index (χ2v) is 14.3. The largest absolute Gasteiger partial charge is 0.237 e. The molecule has 0 aromatic carbocycles. The van der Waals surface area contributed by atoms with E-state index in [0.29, 0.717) is 0 Å². The molecule has 0 N–H and O–H groups in total. The standard InChI is InChI=1S/C23H47BrCl2Si/c24-22-20-18-16-14-12-10-8-6-4-2-1-3-5-7-9-11-13-15-17-19-21-23-27(25)26/h27H,1-23H2. The van der Waals surface area contributed by atoms with Gasteiger partial charge in [-0.25, -0.2) is 0 Å². The van der Waals surface area contributed by atoms with Crippen molar-refractivity contribution in [1.82, 2.24) is 0 Å². The second-order valence-electron chi connectivity index (χ2n) is 8.29. The highest BCUT2D eigenvalue weighted by atomic mass is 79.9. The molecule has 0 amide bonds. The highest BCUT2D eigenvalue weighted by Crippen LogP contribution is 2.16. The van der Waals surface area contributed by atoms with Gasteiger partial charge in [-0.2, -0.15) is 22.2 Å². The fourth-order valence-electron chi connectivity index (χ4n) is 3.75. The van der Waals surface area contributed by atoms with Crippen molar-refractivity contribution in [3.63, 3.8) is 0 Å². The molecule has 0 atom stereocenters. The van der Waals surface area contributed by atoms with Crippen LogP contribution in [0, 0.1) is 0 Å². The van der Waals surface area contributed by atoms with Gasteiger partial charge in [-0.3, -0.25) is 0 Å². The number of alkyl halides is 1. The van der Waals surface area contributed by atoms with E-state index in [1.807, 2.05) is 0 Å². The van der Waals surface area contributed by atoms with Crippen LogP contribution in [0.4, 0.5) is 0 Å². The summed E-state index contributed by atoms with van der Waals surface area (Å²) in [6, 6.07) is 1.10. The van der Waals surface area contributed by atoms with E-state index in [1.165, 1.54) is 140 Å². The van der Waals surface area contributed by atoms with Crippen LogP contribution in [0.3, 0.4) is 0 Å². The van der Waals surface area contributed by atoms with Crippen LogP contribution in [0.1, 0.15) is 135 Å². The molecule has 0 aliphatic carbocycles. The molecule has 0 aromatic rings. The molecule has 0 radical (unpaired) electrons. The van der Waals surface area contributed by atoms with Gasteiger partial charge in [0.1, 0.15) is 0 Å². The Morgan fingerprint density at radius 1 is 0.370 bits per heavy atom. The van der Waals surface area contributed by atoms with Crippen LogP contribution in [0.2, 0.25) is 6.04 Å². The molecule has 0 nitrogen and oxygen atoms in total. The van der Waals surface area contributed by atoms with E-state index < -0.39 is 7.42 Å². The van der Waals surface area contributed by atoms with Crippen LogP contribution in [-0.4, -0.2) is 12.7 Å². The predicted molar refractivity (Wildman–Crippen MR) is 134 cm³/mol. The summed E-state index contributed by atoms with van der Waals surface area (Å²) < 4.78 is 0. The van der Waals surface area contributed by atoms with Gasteiger partial charge >= 0.3 is 0 Å². The lowest BCUT2D eigenvalue weighted by molar-refractivity contribution is 0.521. The van der Waals surface area contributed by atoms with Gasteiger partial charge in [-0.15, -0.1) is 0 Å². The van der Waals surface area contributed by atoms with Crippen LogP contribution >= 0.6 is 38.1 Å². The minimum atomic E-state index is -1.33. The summed E-state index contributed by atoms with van der Waals surface area (Å²) in [6.07, 6.45) is 30.0. The summed E-state index contributed by atoms with van der Waals surface area (Å²) in [5.41, 5.74) is 0. The number of hydrogen-bond acceptors (Lipinski definition) is 0. The summed E-state index contributed by atoms with van der Waals surface area (Å²) in [7, 11) is -1.33. The second kappa shape index (κ2) is 25.3. The topological polar surface area (TPSA) is 0 Å². The van der Waals surface area contributed by atoms with E-state index >= 15 is 0 Å². The lowest BCUT2D eigenvalue weighted by Crippen LogP contribution is -1.91. The minimum Gasteiger partial charge on any atom is -0.150 e.